The highest BCUT2D eigenvalue weighted by atomic mass is 16.5. The molecule has 1 N–H and O–H groups in total. The summed E-state index contributed by atoms with van der Waals surface area (Å²) in [6.07, 6.45) is 4.78. The lowest BCUT2D eigenvalue weighted by Crippen LogP contribution is -2.38. The molecule has 1 aliphatic heterocycles. The summed E-state index contributed by atoms with van der Waals surface area (Å²) in [6, 6.07) is 7.91. The van der Waals surface area contributed by atoms with Crippen LogP contribution in [0.25, 0.3) is 0 Å². The van der Waals surface area contributed by atoms with Crippen molar-refractivity contribution in [3.8, 4) is 5.75 Å². The number of rotatable bonds is 5. The van der Waals surface area contributed by atoms with Crippen molar-refractivity contribution in [1.29, 1.82) is 0 Å². The van der Waals surface area contributed by atoms with Gasteiger partial charge in [-0.2, -0.15) is 0 Å². The number of hydrogen-bond donors (Lipinski definition) is 1. The zero-order valence-corrected chi connectivity index (χ0v) is 12.2. The van der Waals surface area contributed by atoms with Crippen LogP contribution in [0.15, 0.2) is 24.3 Å². The van der Waals surface area contributed by atoms with Gasteiger partial charge in [0.1, 0.15) is 5.75 Å². The monoisotopic (exact) mass is 276 g/mol. The molecule has 0 unspecified atom stereocenters. The van der Waals surface area contributed by atoms with Crippen LogP contribution in [0.1, 0.15) is 31.2 Å². The van der Waals surface area contributed by atoms with Crippen LogP contribution in [-0.4, -0.2) is 37.6 Å². The molecule has 0 bridgehead atoms. The summed E-state index contributed by atoms with van der Waals surface area (Å²) in [7, 11) is 1.66. The maximum Gasteiger partial charge on any atom is 0.236 e. The maximum absolute atomic E-state index is 12.1. The molecule has 1 aromatic rings. The van der Waals surface area contributed by atoms with Gasteiger partial charge in [0.25, 0.3) is 0 Å². The second kappa shape index (κ2) is 7.90. The number of carbonyl (C=O) groups excluding carboxylic acids is 1. The van der Waals surface area contributed by atoms with E-state index >= 15 is 0 Å². The van der Waals surface area contributed by atoms with Crippen LogP contribution >= 0.6 is 0 Å². The van der Waals surface area contributed by atoms with Crippen LogP contribution in [0, 0.1) is 0 Å². The molecule has 2 rings (SSSR count). The highest BCUT2D eigenvalue weighted by Gasteiger charge is 2.14. The van der Waals surface area contributed by atoms with Crippen molar-refractivity contribution in [3.05, 3.63) is 29.8 Å². The average Bonchev–Trinajstić information content (AvgIpc) is 2.76. The minimum atomic E-state index is 0.217. The fraction of sp³-hybridized carbons (Fsp3) is 0.562. The zero-order chi connectivity index (χ0) is 14.2. The normalized spacial score (nSPS) is 15.8. The lowest BCUT2D eigenvalue weighted by atomic mass is 10.2. The summed E-state index contributed by atoms with van der Waals surface area (Å²) in [6.45, 7) is 2.94. The lowest BCUT2D eigenvalue weighted by molar-refractivity contribution is -0.130. The minimum absolute atomic E-state index is 0.217. The van der Waals surface area contributed by atoms with E-state index in [1.807, 2.05) is 29.2 Å². The van der Waals surface area contributed by atoms with Gasteiger partial charge in [0.15, 0.2) is 0 Å². The third kappa shape index (κ3) is 4.53. The molecular formula is C16H24N2O2. The van der Waals surface area contributed by atoms with Crippen LogP contribution < -0.4 is 10.1 Å². The van der Waals surface area contributed by atoms with Gasteiger partial charge in [0, 0.05) is 19.6 Å². The Balaban J connectivity index is 1.75. The Kier molecular flexibility index (Phi) is 5.87. The lowest BCUT2D eigenvalue weighted by Gasteiger charge is -2.20. The molecule has 1 aromatic carbocycles. The van der Waals surface area contributed by atoms with Crippen molar-refractivity contribution < 1.29 is 9.53 Å². The predicted molar refractivity (Wildman–Crippen MR) is 79.7 cm³/mol. The van der Waals surface area contributed by atoms with Gasteiger partial charge in [-0.15, -0.1) is 0 Å². The molecule has 4 nitrogen and oxygen atoms in total. The summed E-state index contributed by atoms with van der Waals surface area (Å²) in [5, 5.41) is 3.22. The molecule has 4 heteroatoms. The topological polar surface area (TPSA) is 41.6 Å². The van der Waals surface area contributed by atoms with E-state index in [9.17, 15) is 4.79 Å². The second-order valence-corrected chi connectivity index (χ2v) is 5.25. The molecule has 1 heterocycles. The molecule has 0 aromatic heterocycles. The Bertz CT molecular complexity index is 426. The third-order valence-electron chi connectivity index (χ3n) is 3.70. The maximum atomic E-state index is 12.1. The Morgan fingerprint density at radius 2 is 2.00 bits per heavy atom. The molecule has 1 saturated heterocycles. The van der Waals surface area contributed by atoms with E-state index in [1.54, 1.807) is 7.11 Å². The number of benzene rings is 1. The number of likely N-dealkylation sites (tertiary alicyclic amines) is 1. The van der Waals surface area contributed by atoms with Crippen LogP contribution in [0.5, 0.6) is 5.75 Å². The van der Waals surface area contributed by atoms with E-state index in [0.717, 1.165) is 37.2 Å². The van der Waals surface area contributed by atoms with E-state index in [0.29, 0.717) is 13.1 Å². The molecule has 20 heavy (non-hydrogen) atoms. The van der Waals surface area contributed by atoms with E-state index in [2.05, 4.69) is 5.32 Å². The smallest absolute Gasteiger partial charge is 0.236 e. The molecule has 1 amide bonds. The van der Waals surface area contributed by atoms with Gasteiger partial charge in [0.2, 0.25) is 5.91 Å². The number of hydrogen-bond acceptors (Lipinski definition) is 3. The molecule has 1 fully saturated rings. The molecule has 0 aliphatic carbocycles. The minimum Gasteiger partial charge on any atom is -0.497 e. The van der Waals surface area contributed by atoms with E-state index in [4.69, 9.17) is 4.74 Å². The number of carbonyl (C=O) groups is 1. The zero-order valence-electron chi connectivity index (χ0n) is 12.2. The number of nitrogens with one attached hydrogen (secondary N) is 1. The van der Waals surface area contributed by atoms with Crippen LogP contribution in [0.4, 0.5) is 0 Å². The molecule has 0 saturated carbocycles. The third-order valence-corrected chi connectivity index (χ3v) is 3.70. The van der Waals surface area contributed by atoms with Crippen LogP contribution in [0.2, 0.25) is 0 Å². The number of amides is 1. The van der Waals surface area contributed by atoms with Gasteiger partial charge in [-0.1, -0.05) is 25.0 Å². The van der Waals surface area contributed by atoms with Gasteiger partial charge in [0.05, 0.1) is 13.7 Å². The SMILES string of the molecule is COc1cccc(CNCC(=O)N2CCCCCC2)c1. The largest absolute Gasteiger partial charge is 0.497 e. The molecule has 110 valence electrons. The Hall–Kier alpha value is -1.55. The first-order chi connectivity index (χ1) is 9.79. The quantitative estimate of drug-likeness (QED) is 0.896. The van der Waals surface area contributed by atoms with Gasteiger partial charge >= 0.3 is 0 Å². The number of nitrogens with zero attached hydrogens (tertiary/aromatic N) is 1. The van der Waals surface area contributed by atoms with Gasteiger partial charge in [-0.05, 0) is 30.5 Å². The van der Waals surface area contributed by atoms with Crippen molar-refractivity contribution in [1.82, 2.24) is 10.2 Å². The highest BCUT2D eigenvalue weighted by Crippen LogP contribution is 2.12. The van der Waals surface area contributed by atoms with Crippen molar-refractivity contribution in [3.63, 3.8) is 0 Å². The summed E-state index contributed by atoms with van der Waals surface area (Å²) in [5.41, 5.74) is 1.13. The molecular weight excluding hydrogens is 252 g/mol. The molecule has 1 aliphatic rings. The van der Waals surface area contributed by atoms with Crippen molar-refractivity contribution in [2.24, 2.45) is 0 Å². The van der Waals surface area contributed by atoms with Crippen molar-refractivity contribution in [2.75, 3.05) is 26.7 Å². The Labute approximate surface area is 121 Å². The fourth-order valence-electron chi connectivity index (χ4n) is 2.53. The van der Waals surface area contributed by atoms with Crippen molar-refractivity contribution >= 4 is 5.91 Å². The van der Waals surface area contributed by atoms with Crippen LogP contribution in [-0.2, 0) is 11.3 Å². The molecule has 0 atom stereocenters. The van der Waals surface area contributed by atoms with E-state index in [1.165, 1.54) is 12.8 Å². The van der Waals surface area contributed by atoms with E-state index in [-0.39, 0.29) is 5.91 Å². The average molecular weight is 276 g/mol. The summed E-state index contributed by atoms with van der Waals surface area (Å²) in [5.74, 6) is 1.07. The second-order valence-electron chi connectivity index (χ2n) is 5.25. The Morgan fingerprint density at radius 3 is 2.70 bits per heavy atom. The van der Waals surface area contributed by atoms with Crippen molar-refractivity contribution in [2.45, 2.75) is 32.2 Å². The first-order valence-corrected chi connectivity index (χ1v) is 7.41. The van der Waals surface area contributed by atoms with Gasteiger partial charge in [-0.25, -0.2) is 0 Å². The highest BCUT2D eigenvalue weighted by molar-refractivity contribution is 5.78. The van der Waals surface area contributed by atoms with Crippen LogP contribution in [0.3, 0.4) is 0 Å². The van der Waals surface area contributed by atoms with Gasteiger partial charge in [-0.3, -0.25) is 4.79 Å². The summed E-state index contributed by atoms with van der Waals surface area (Å²) >= 11 is 0. The summed E-state index contributed by atoms with van der Waals surface area (Å²) in [4.78, 5) is 14.1. The predicted octanol–water partition coefficient (Wildman–Crippen LogP) is 2.19. The van der Waals surface area contributed by atoms with E-state index < -0.39 is 0 Å². The molecule has 0 radical (unpaired) electrons. The first-order valence-electron chi connectivity index (χ1n) is 7.41. The number of ether oxygens (including phenoxy) is 1. The molecule has 0 spiro atoms. The fourth-order valence-corrected chi connectivity index (χ4v) is 2.53. The van der Waals surface area contributed by atoms with Gasteiger partial charge < -0.3 is 15.0 Å². The summed E-state index contributed by atoms with van der Waals surface area (Å²) < 4.78 is 5.19. The first kappa shape index (κ1) is 14.9. The number of methoxy groups -OCH3 is 1. The Morgan fingerprint density at radius 1 is 1.25 bits per heavy atom. The standard InChI is InChI=1S/C16H24N2O2/c1-20-15-8-6-7-14(11-15)12-17-13-16(19)18-9-4-2-3-5-10-18/h6-8,11,17H,2-5,9-10,12-13H2,1H3.